The molecular formula is C35H41FN2O2Si. The molecule has 214 valence electrons. The molecule has 4 nitrogen and oxygen atoms in total. The second-order valence-electron chi connectivity index (χ2n) is 12.8. The maximum atomic E-state index is 15.9. The van der Waals surface area contributed by atoms with Crippen molar-refractivity contribution in [1.82, 2.24) is 4.98 Å². The molecule has 4 atom stereocenters. The summed E-state index contributed by atoms with van der Waals surface area (Å²) < 4.78 is 23.1. The van der Waals surface area contributed by atoms with Crippen molar-refractivity contribution < 1.29 is 13.9 Å². The monoisotopic (exact) mass is 568 g/mol. The summed E-state index contributed by atoms with van der Waals surface area (Å²) in [7, 11) is -2.95. The van der Waals surface area contributed by atoms with E-state index in [1.807, 2.05) is 36.4 Å². The van der Waals surface area contributed by atoms with Crippen LogP contribution in [0, 0.1) is 5.92 Å². The highest BCUT2D eigenvalue weighted by molar-refractivity contribution is 6.99. The molecule has 6 heteroatoms. The average Bonchev–Trinajstić information content (AvgIpc) is 3.21. The van der Waals surface area contributed by atoms with Crippen LogP contribution < -0.4 is 15.3 Å². The Labute approximate surface area is 244 Å². The number of aromatic nitrogens is 1. The van der Waals surface area contributed by atoms with E-state index in [4.69, 9.17) is 9.41 Å². The number of hydrogen-bond acceptors (Lipinski definition) is 4. The second kappa shape index (κ2) is 11.3. The first-order valence-electron chi connectivity index (χ1n) is 15.0. The zero-order valence-electron chi connectivity index (χ0n) is 24.3. The average molecular weight is 569 g/mol. The maximum absolute atomic E-state index is 15.9. The van der Waals surface area contributed by atoms with Crippen LogP contribution in [0.1, 0.15) is 45.6 Å². The van der Waals surface area contributed by atoms with Crippen molar-refractivity contribution in [3.8, 4) is 0 Å². The molecule has 4 aromatic rings. The van der Waals surface area contributed by atoms with Crippen LogP contribution in [0.15, 0.2) is 91.0 Å². The molecule has 0 amide bonds. The fourth-order valence-electron chi connectivity index (χ4n) is 6.77. The number of benzene rings is 3. The molecule has 1 saturated carbocycles. The summed E-state index contributed by atoms with van der Waals surface area (Å²) in [6, 6.07) is 31.5. The van der Waals surface area contributed by atoms with Gasteiger partial charge in [-0.25, -0.2) is 9.37 Å². The predicted molar refractivity (Wildman–Crippen MR) is 168 cm³/mol. The largest absolute Gasteiger partial charge is 0.401 e. The van der Waals surface area contributed by atoms with E-state index in [1.54, 1.807) is 0 Å². The molecule has 1 aliphatic heterocycles. The van der Waals surface area contributed by atoms with Gasteiger partial charge in [0.2, 0.25) is 0 Å². The third-order valence-corrected chi connectivity index (χ3v) is 14.2. The van der Waals surface area contributed by atoms with Gasteiger partial charge in [-0.3, -0.25) is 0 Å². The third kappa shape index (κ3) is 5.33. The van der Waals surface area contributed by atoms with Crippen molar-refractivity contribution in [2.24, 2.45) is 5.92 Å². The van der Waals surface area contributed by atoms with Crippen LogP contribution in [0.25, 0.3) is 10.9 Å². The molecule has 0 bridgehead atoms. The zero-order valence-corrected chi connectivity index (χ0v) is 25.3. The molecule has 0 unspecified atom stereocenters. The number of fused-ring (bicyclic) bond motifs is 1. The van der Waals surface area contributed by atoms with Crippen molar-refractivity contribution in [3.63, 3.8) is 0 Å². The lowest BCUT2D eigenvalue weighted by Gasteiger charge is -2.46. The summed E-state index contributed by atoms with van der Waals surface area (Å²) in [6.07, 6.45) is 0.0651. The van der Waals surface area contributed by atoms with Crippen molar-refractivity contribution >= 4 is 35.4 Å². The molecule has 1 saturated heterocycles. The highest BCUT2D eigenvalue weighted by Gasteiger charge is 2.55. The number of pyridine rings is 1. The lowest BCUT2D eigenvalue weighted by atomic mass is 9.96. The van der Waals surface area contributed by atoms with Gasteiger partial charge in [-0.15, -0.1) is 0 Å². The van der Waals surface area contributed by atoms with Gasteiger partial charge < -0.3 is 14.4 Å². The summed E-state index contributed by atoms with van der Waals surface area (Å²) in [4.78, 5) is 7.23. The zero-order chi connectivity index (χ0) is 28.6. The van der Waals surface area contributed by atoms with E-state index in [1.165, 1.54) is 12.0 Å². The summed E-state index contributed by atoms with van der Waals surface area (Å²) >= 11 is 0. The number of anilines is 1. The lowest BCUT2D eigenvalue weighted by Crippen LogP contribution is -2.68. The van der Waals surface area contributed by atoms with Crippen LogP contribution in [0.4, 0.5) is 10.2 Å². The molecule has 2 aliphatic rings. The summed E-state index contributed by atoms with van der Waals surface area (Å²) in [5, 5.41) is 13.9. The van der Waals surface area contributed by atoms with Crippen LogP contribution in [0.5, 0.6) is 0 Å². The van der Waals surface area contributed by atoms with Gasteiger partial charge in [-0.1, -0.05) is 93.6 Å². The smallest absolute Gasteiger partial charge is 0.261 e. The molecule has 1 aliphatic carbocycles. The van der Waals surface area contributed by atoms with Crippen molar-refractivity contribution in [3.05, 3.63) is 96.6 Å². The molecule has 1 aromatic heterocycles. The molecule has 41 heavy (non-hydrogen) atoms. The minimum absolute atomic E-state index is 0.0854. The van der Waals surface area contributed by atoms with Crippen molar-refractivity contribution in [2.75, 3.05) is 18.0 Å². The Bertz CT molecular complexity index is 1430. The molecule has 0 spiro atoms. The predicted octanol–water partition coefficient (Wildman–Crippen LogP) is 6.04. The van der Waals surface area contributed by atoms with Crippen LogP contribution in [-0.4, -0.2) is 49.9 Å². The molecular weight excluding hydrogens is 527 g/mol. The summed E-state index contributed by atoms with van der Waals surface area (Å²) in [5.74, 6) is 0.955. The van der Waals surface area contributed by atoms with Crippen molar-refractivity contribution in [1.29, 1.82) is 0 Å². The number of nitrogens with zero attached hydrogens (tertiary/aromatic N) is 2. The number of aliphatic hydroxyl groups excluding tert-OH is 1. The standard InChI is InChI=1S/C35H41FN2O2Si/c1-35(2,3)41(28-11-6-4-7-12-28,29-13-8-5-9-14-29)40-34-27(24-31(39)33(34)36)18-16-25-15-17-26-19-20-32(37-30(26)23-25)38-21-10-22-38/h4-9,11-15,17,19-20,23,27,31,33-34,39H,10,16,18,21-22,24H2,1-3H3/t27-,31-,33+,34+/m0/s1. The van der Waals surface area contributed by atoms with Crippen LogP contribution >= 0.6 is 0 Å². The maximum Gasteiger partial charge on any atom is 0.261 e. The van der Waals surface area contributed by atoms with E-state index in [2.05, 4.69) is 80.3 Å². The number of aliphatic hydroxyl groups is 1. The molecule has 1 N–H and O–H groups in total. The van der Waals surface area contributed by atoms with Gasteiger partial charge in [0.1, 0.15) is 5.82 Å². The van der Waals surface area contributed by atoms with E-state index >= 15 is 4.39 Å². The summed E-state index contributed by atoms with van der Waals surface area (Å²) in [5.41, 5.74) is 2.19. The Morgan fingerprint density at radius 3 is 2.15 bits per heavy atom. The Morgan fingerprint density at radius 2 is 1.56 bits per heavy atom. The Hall–Kier alpha value is -3.06. The molecule has 2 fully saturated rings. The van der Waals surface area contributed by atoms with E-state index in [0.717, 1.165) is 53.0 Å². The first-order chi connectivity index (χ1) is 19.8. The fourth-order valence-corrected chi connectivity index (χ4v) is 11.5. The van der Waals surface area contributed by atoms with Gasteiger partial charge in [0.05, 0.1) is 17.7 Å². The lowest BCUT2D eigenvalue weighted by molar-refractivity contribution is 0.0354. The van der Waals surface area contributed by atoms with Crippen LogP contribution in [0.3, 0.4) is 0 Å². The highest BCUT2D eigenvalue weighted by Crippen LogP contribution is 2.43. The van der Waals surface area contributed by atoms with Gasteiger partial charge in [-0.2, -0.15) is 0 Å². The Kier molecular flexibility index (Phi) is 7.75. The first-order valence-corrected chi connectivity index (χ1v) is 16.9. The topological polar surface area (TPSA) is 45.6 Å². The third-order valence-electron chi connectivity index (χ3n) is 9.15. The van der Waals surface area contributed by atoms with Crippen LogP contribution in [-0.2, 0) is 10.8 Å². The van der Waals surface area contributed by atoms with Gasteiger partial charge in [-0.05, 0) is 70.8 Å². The van der Waals surface area contributed by atoms with Gasteiger partial charge >= 0.3 is 0 Å². The van der Waals surface area contributed by atoms with Gasteiger partial charge in [0.25, 0.3) is 8.32 Å². The second-order valence-corrected chi connectivity index (χ2v) is 17.1. The van der Waals surface area contributed by atoms with E-state index in [-0.39, 0.29) is 11.0 Å². The Morgan fingerprint density at radius 1 is 0.927 bits per heavy atom. The van der Waals surface area contributed by atoms with E-state index in [0.29, 0.717) is 6.42 Å². The van der Waals surface area contributed by atoms with Gasteiger partial charge in [0, 0.05) is 18.5 Å². The quantitative estimate of drug-likeness (QED) is 0.263. The molecule has 2 heterocycles. The Balaban J connectivity index is 1.30. The van der Waals surface area contributed by atoms with Crippen molar-refractivity contribution in [2.45, 2.75) is 69.9 Å². The number of halogens is 1. The number of aryl methyl sites for hydroxylation is 1. The van der Waals surface area contributed by atoms with E-state index < -0.39 is 26.7 Å². The molecule has 0 radical (unpaired) electrons. The number of rotatable bonds is 8. The molecule has 3 aromatic carbocycles. The fraction of sp³-hybridized carbons (Fsp3) is 0.400. The number of hydrogen-bond donors (Lipinski definition) is 1. The van der Waals surface area contributed by atoms with E-state index in [9.17, 15) is 5.11 Å². The normalized spacial score (nSPS) is 23.1. The minimum atomic E-state index is -2.95. The minimum Gasteiger partial charge on any atom is -0.401 e. The SMILES string of the molecule is CC(C)(C)[Si](O[C@@H]1[C@@H](CCc2ccc3ccc(N4CCC4)nc3c2)C[C@H](O)[C@H]1F)(c1ccccc1)c1ccccc1. The number of alkyl halides is 1. The van der Waals surface area contributed by atoms with Gasteiger partial charge in [0.15, 0.2) is 6.17 Å². The van der Waals surface area contributed by atoms with Crippen LogP contribution in [0.2, 0.25) is 5.04 Å². The first kappa shape index (κ1) is 28.1. The molecule has 6 rings (SSSR count). The highest BCUT2D eigenvalue weighted by atomic mass is 28.4. The summed E-state index contributed by atoms with van der Waals surface area (Å²) in [6.45, 7) is 8.77.